The summed E-state index contributed by atoms with van der Waals surface area (Å²) in [6, 6.07) is 10.3. The molecule has 0 aromatic heterocycles. The number of nitrogen functional groups attached to an aromatic ring is 1. The van der Waals surface area contributed by atoms with Crippen LogP contribution in [0, 0.1) is 29.1 Å². The second kappa shape index (κ2) is 10.1. The van der Waals surface area contributed by atoms with Crippen molar-refractivity contribution in [2.24, 2.45) is 0 Å². The van der Waals surface area contributed by atoms with Crippen LogP contribution in [0.3, 0.4) is 0 Å². The second-order valence-electron chi connectivity index (χ2n) is 8.54. The lowest BCUT2D eigenvalue weighted by molar-refractivity contribution is -0.131. The molecule has 4 rings (SSSR count). The first-order chi connectivity index (χ1) is 18.0. The third-order valence-electron chi connectivity index (χ3n) is 6.09. The minimum atomic E-state index is -2.38. The van der Waals surface area contributed by atoms with Crippen molar-refractivity contribution in [1.82, 2.24) is 5.32 Å². The van der Waals surface area contributed by atoms with Crippen molar-refractivity contribution in [2.75, 3.05) is 17.2 Å². The quantitative estimate of drug-likeness (QED) is 0.222. The molecular formula is C26H20F5N3O4. The predicted molar refractivity (Wildman–Crippen MR) is 127 cm³/mol. The molecule has 0 bridgehead atoms. The van der Waals surface area contributed by atoms with E-state index in [-0.39, 0.29) is 5.69 Å². The summed E-state index contributed by atoms with van der Waals surface area (Å²) in [7, 11) is 0. The molecule has 1 unspecified atom stereocenters. The van der Waals surface area contributed by atoms with Crippen LogP contribution >= 0.6 is 0 Å². The van der Waals surface area contributed by atoms with Crippen LogP contribution < -0.4 is 20.7 Å². The number of fused-ring (bicyclic) bond motifs is 3. The number of amides is 3. The summed E-state index contributed by atoms with van der Waals surface area (Å²) >= 11 is 0. The lowest BCUT2D eigenvalue weighted by atomic mass is 9.92. The first-order valence-electron chi connectivity index (χ1n) is 11.2. The van der Waals surface area contributed by atoms with Crippen molar-refractivity contribution in [2.45, 2.75) is 25.8 Å². The van der Waals surface area contributed by atoms with Crippen molar-refractivity contribution >= 4 is 29.1 Å². The second-order valence-corrected chi connectivity index (χ2v) is 8.54. The van der Waals surface area contributed by atoms with Gasteiger partial charge in [-0.05, 0) is 37.1 Å². The fraction of sp³-hybridized carbons (Fsp3) is 0.192. The molecule has 1 aliphatic rings. The Morgan fingerprint density at radius 1 is 0.974 bits per heavy atom. The van der Waals surface area contributed by atoms with E-state index in [1.807, 2.05) is 0 Å². The third kappa shape index (κ3) is 4.42. The summed E-state index contributed by atoms with van der Waals surface area (Å²) in [5.41, 5.74) is 8.45. The largest absolute Gasteiger partial charge is 0.477 e. The molecule has 0 aliphatic carbocycles. The van der Waals surface area contributed by atoms with Crippen LogP contribution in [0.4, 0.5) is 33.3 Å². The van der Waals surface area contributed by atoms with E-state index in [2.05, 4.69) is 10.1 Å². The van der Waals surface area contributed by atoms with E-state index >= 15 is 0 Å². The van der Waals surface area contributed by atoms with Crippen molar-refractivity contribution in [3.05, 3.63) is 77.1 Å². The lowest BCUT2D eigenvalue weighted by Gasteiger charge is -2.26. The number of benzene rings is 3. The fourth-order valence-corrected chi connectivity index (χ4v) is 4.20. The van der Waals surface area contributed by atoms with Gasteiger partial charge in [-0.25, -0.2) is 18.1 Å². The van der Waals surface area contributed by atoms with E-state index in [1.165, 1.54) is 13.0 Å². The first-order valence-corrected chi connectivity index (χ1v) is 11.2. The molecule has 3 aromatic carbocycles. The van der Waals surface area contributed by atoms with Crippen LogP contribution in [-0.2, 0) is 14.4 Å². The SMILES string of the molecule is CC1C(=O)N(C(=O)[C@H](C)NC(=O)COc2c(F)c(F)c(F)c(F)c2F)c2cccc(N)c2-c2ccccc21. The number of hydrogen-bond acceptors (Lipinski definition) is 5. The van der Waals surface area contributed by atoms with Crippen molar-refractivity contribution in [3.63, 3.8) is 0 Å². The highest BCUT2D eigenvalue weighted by molar-refractivity contribution is 6.22. The molecule has 12 heteroatoms. The normalized spacial score (nSPS) is 15.3. The zero-order valence-electron chi connectivity index (χ0n) is 20.0. The summed E-state index contributed by atoms with van der Waals surface area (Å²) in [6.07, 6.45) is 0. The number of halogens is 5. The Morgan fingerprint density at radius 2 is 1.58 bits per heavy atom. The maximum absolute atomic E-state index is 13.8. The molecule has 0 fully saturated rings. The number of ether oxygens (including phenoxy) is 1. The van der Waals surface area contributed by atoms with Gasteiger partial charge in [0.15, 0.2) is 12.4 Å². The predicted octanol–water partition coefficient (Wildman–Crippen LogP) is 4.19. The number of carbonyl (C=O) groups excluding carboxylic acids is 3. The number of rotatable bonds is 5. The molecule has 3 amide bonds. The monoisotopic (exact) mass is 533 g/mol. The van der Waals surface area contributed by atoms with E-state index in [4.69, 9.17) is 5.73 Å². The van der Waals surface area contributed by atoms with Crippen LogP contribution in [0.25, 0.3) is 11.1 Å². The van der Waals surface area contributed by atoms with Gasteiger partial charge < -0.3 is 15.8 Å². The Labute approximate surface area is 213 Å². The van der Waals surface area contributed by atoms with Crippen molar-refractivity contribution < 1.29 is 41.1 Å². The molecule has 0 saturated carbocycles. The van der Waals surface area contributed by atoms with E-state index < -0.39 is 71.1 Å². The van der Waals surface area contributed by atoms with E-state index in [9.17, 15) is 36.3 Å². The Morgan fingerprint density at radius 3 is 2.24 bits per heavy atom. The van der Waals surface area contributed by atoms with Gasteiger partial charge in [-0.2, -0.15) is 8.78 Å². The maximum Gasteiger partial charge on any atom is 0.258 e. The fourth-order valence-electron chi connectivity index (χ4n) is 4.20. The Balaban J connectivity index is 1.57. The number of imide groups is 1. The third-order valence-corrected chi connectivity index (χ3v) is 6.09. The number of nitrogens with two attached hydrogens (primary N) is 1. The summed E-state index contributed by atoms with van der Waals surface area (Å²) < 4.78 is 72.1. The number of hydrogen-bond donors (Lipinski definition) is 2. The summed E-state index contributed by atoms with van der Waals surface area (Å²) in [6.45, 7) is 1.68. The van der Waals surface area contributed by atoms with Gasteiger partial charge in [0, 0.05) is 11.3 Å². The van der Waals surface area contributed by atoms with Crippen LogP contribution in [0.2, 0.25) is 0 Å². The Hall–Kier alpha value is -4.48. The maximum atomic E-state index is 13.8. The number of nitrogens with zero attached hydrogens (tertiary/aromatic N) is 1. The van der Waals surface area contributed by atoms with Crippen LogP contribution in [0.15, 0.2) is 42.5 Å². The zero-order valence-corrected chi connectivity index (χ0v) is 20.0. The Kier molecular flexibility index (Phi) is 7.07. The molecule has 0 spiro atoms. The van der Waals surface area contributed by atoms with Gasteiger partial charge in [0.25, 0.3) is 11.8 Å². The minimum Gasteiger partial charge on any atom is -0.477 e. The minimum absolute atomic E-state index is 0.190. The molecule has 0 radical (unpaired) electrons. The molecule has 198 valence electrons. The molecule has 7 nitrogen and oxygen atoms in total. The highest BCUT2D eigenvalue weighted by atomic mass is 19.2. The average molecular weight is 533 g/mol. The van der Waals surface area contributed by atoms with Crippen molar-refractivity contribution in [1.29, 1.82) is 0 Å². The molecule has 2 atom stereocenters. The highest BCUT2D eigenvalue weighted by Crippen LogP contribution is 2.44. The van der Waals surface area contributed by atoms with E-state index in [0.717, 1.165) is 4.90 Å². The topological polar surface area (TPSA) is 102 Å². The number of carbonyl (C=O) groups is 3. The molecule has 1 heterocycles. The molecule has 3 aromatic rings. The summed E-state index contributed by atoms with van der Waals surface area (Å²) in [5, 5.41) is 2.20. The van der Waals surface area contributed by atoms with Crippen molar-refractivity contribution in [3.8, 4) is 16.9 Å². The smallest absolute Gasteiger partial charge is 0.258 e. The zero-order chi connectivity index (χ0) is 27.9. The van der Waals surface area contributed by atoms with Gasteiger partial charge in [0.05, 0.1) is 11.6 Å². The molecular weight excluding hydrogens is 513 g/mol. The van der Waals surface area contributed by atoms with Crippen LogP contribution in [-0.4, -0.2) is 30.4 Å². The number of anilines is 2. The molecule has 3 N–H and O–H groups in total. The van der Waals surface area contributed by atoms with Gasteiger partial charge in [0.2, 0.25) is 35.0 Å². The Bertz CT molecular complexity index is 1450. The van der Waals surface area contributed by atoms with Gasteiger partial charge in [-0.3, -0.25) is 14.4 Å². The molecule has 0 saturated heterocycles. The van der Waals surface area contributed by atoms with Gasteiger partial charge >= 0.3 is 0 Å². The number of nitrogens with one attached hydrogen (secondary N) is 1. The average Bonchev–Trinajstić information content (AvgIpc) is 2.99. The molecule has 1 aliphatic heterocycles. The van der Waals surface area contributed by atoms with Gasteiger partial charge in [-0.15, -0.1) is 0 Å². The van der Waals surface area contributed by atoms with E-state index in [0.29, 0.717) is 22.4 Å². The first kappa shape index (κ1) is 26.6. The standard InChI is InChI=1S/C26H20F5N3O4/c1-11-13-6-3-4-7-14(13)18-15(32)8-5-9-16(18)34(25(11)36)26(37)12(2)33-17(35)10-38-24-22(30)20(28)19(27)21(29)23(24)31/h3-9,11-12H,10,32H2,1-2H3,(H,33,35)/t11?,12-/m0/s1. The molecule has 38 heavy (non-hydrogen) atoms. The van der Waals surface area contributed by atoms with Crippen LogP contribution in [0.1, 0.15) is 25.3 Å². The van der Waals surface area contributed by atoms with Gasteiger partial charge in [-0.1, -0.05) is 30.3 Å². The summed E-state index contributed by atoms with van der Waals surface area (Å²) in [4.78, 5) is 40.1. The van der Waals surface area contributed by atoms with Gasteiger partial charge in [0.1, 0.15) is 6.04 Å². The summed E-state index contributed by atoms with van der Waals surface area (Å²) in [5.74, 6) is -16.3. The van der Waals surface area contributed by atoms with E-state index in [1.54, 1.807) is 43.3 Å². The lowest BCUT2D eigenvalue weighted by Crippen LogP contribution is -2.51. The highest BCUT2D eigenvalue weighted by Gasteiger charge is 2.38. The van der Waals surface area contributed by atoms with Crippen LogP contribution in [0.5, 0.6) is 5.75 Å².